The number of nitriles is 1. The lowest BCUT2D eigenvalue weighted by Crippen LogP contribution is -2.17. The number of hydrogen-bond acceptors (Lipinski definition) is 4. The number of aromatic nitrogens is 2. The Labute approximate surface area is 270 Å². The fourth-order valence-electron chi connectivity index (χ4n) is 5.74. The van der Waals surface area contributed by atoms with Gasteiger partial charge in [0.25, 0.3) is 0 Å². The summed E-state index contributed by atoms with van der Waals surface area (Å²) >= 11 is 0. The third-order valence-corrected chi connectivity index (χ3v) is 8.22. The molecule has 0 atom stereocenters. The van der Waals surface area contributed by atoms with Gasteiger partial charge in [-0.05, 0) is 98.2 Å². The lowest BCUT2D eigenvalue weighted by Gasteiger charge is -2.19. The quantitative estimate of drug-likeness (QED) is 0.246. The standard InChI is InChI=1S/C20H24N2.C20H25NO2/c1-13-9-14(2)17(15(3)10-13)11-16-7-8-19(20(4,5)6)22-18(16)12-21;1-12-9-13(2)16(14(3)10-12)11-15-7-8-17(20(4,5)6)21-18(15)19(22)23/h7-10H,11H2,1-6H3;7-10H,11H2,1-6H3,(H,22,23). The molecule has 0 saturated heterocycles. The molecule has 4 rings (SSSR count). The molecule has 1 N–H and O–H groups in total. The molecule has 0 amide bonds. The SMILES string of the molecule is Cc1cc(C)c(Cc2ccc(C(C)(C)C)nc2C#N)c(C)c1.Cc1cc(C)c(Cc2ccc(C(C)(C)C)nc2C(=O)O)c(C)c1. The first-order chi connectivity index (χ1) is 20.8. The Bertz CT molecular complexity index is 1720. The number of carboxylic acids is 1. The van der Waals surface area contributed by atoms with E-state index in [1.165, 1.54) is 44.5 Å². The predicted octanol–water partition coefficient (Wildman–Crippen LogP) is 9.36. The second-order valence-electron chi connectivity index (χ2n) is 14.4. The van der Waals surface area contributed by atoms with E-state index in [0.29, 0.717) is 12.1 Å². The van der Waals surface area contributed by atoms with Crippen molar-refractivity contribution >= 4 is 5.97 Å². The van der Waals surface area contributed by atoms with E-state index in [9.17, 15) is 15.2 Å². The number of rotatable bonds is 5. The van der Waals surface area contributed by atoms with Crippen molar-refractivity contribution in [1.82, 2.24) is 9.97 Å². The molecule has 0 spiro atoms. The maximum atomic E-state index is 11.7. The van der Waals surface area contributed by atoms with Gasteiger partial charge in [-0.15, -0.1) is 0 Å². The summed E-state index contributed by atoms with van der Waals surface area (Å²) in [6, 6.07) is 18.9. The number of carboxylic acid groups (broad SMARTS) is 1. The molecule has 4 aromatic rings. The summed E-state index contributed by atoms with van der Waals surface area (Å²) in [4.78, 5) is 20.6. The number of benzene rings is 2. The second kappa shape index (κ2) is 13.8. The molecule has 45 heavy (non-hydrogen) atoms. The molecule has 0 radical (unpaired) electrons. The van der Waals surface area contributed by atoms with E-state index in [1.807, 2.05) is 32.9 Å². The molecule has 2 aromatic heterocycles. The fourth-order valence-corrected chi connectivity index (χ4v) is 5.74. The van der Waals surface area contributed by atoms with Crippen molar-refractivity contribution in [3.63, 3.8) is 0 Å². The van der Waals surface area contributed by atoms with Crippen LogP contribution in [0.25, 0.3) is 0 Å². The topological polar surface area (TPSA) is 86.9 Å². The summed E-state index contributed by atoms with van der Waals surface area (Å²) < 4.78 is 0. The van der Waals surface area contributed by atoms with Crippen LogP contribution in [0.5, 0.6) is 0 Å². The van der Waals surface area contributed by atoms with Crippen molar-refractivity contribution < 1.29 is 9.90 Å². The van der Waals surface area contributed by atoms with E-state index in [2.05, 4.69) is 115 Å². The van der Waals surface area contributed by atoms with Gasteiger partial charge in [-0.2, -0.15) is 5.26 Å². The van der Waals surface area contributed by atoms with Crippen LogP contribution < -0.4 is 0 Å². The van der Waals surface area contributed by atoms with Crippen LogP contribution in [0.3, 0.4) is 0 Å². The van der Waals surface area contributed by atoms with Gasteiger partial charge < -0.3 is 5.11 Å². The normalized spacial score (nSPS) is 11.4. The molecule has 2 aromatic carbocycles. The van der Waals surface area contributed by atoms with E-state index >= 15 is 0 Å². The summed E-state index contributed by atoms with van der Waals surface area (Å²) in [5.41, 5.74) is 14.0. The summed E-state index contributed by atoms with van der Waals surface area (Å²) in [6.07, 6.45) is 1.36. The Morgan fingerprint density at radius 3 is 1.42 bits per heavy atom. The Balaban J connectivity index is 0.000000246. The molecule has 2 heterocycles. The number of aromatic carboxylic acids is 1. The predicted molar refractivity (Wildman–Crippen MR) is 184 cm³/mol. The van der Waals surface area contributed by atoms with Crippen LogP contribution in [0, 0.1) is 52.9 Å². The Hall–Kier alpha value is -4.30. The van der Waals surface area contributed by atoms with Crippen molar-refractivity contribution in [3.8, 4) is 6.07 Å². The van der Waals surface area contributed by atoms with Crippen LogP contribution in [-0.2, 0) is 23.7 Å². The maximum absolute atomic E-state index is 11.7. The highest BCUT2D eigenvalue weighted by Crippen LogP contribution is 2.27. The largest absolute Gasteiger partial charge is 0.477 e. The second-order valence-corrected chi connectivity index (χ2v) is 14.4. The highest BCUT2D eigenvalue weighted by atomic mass is 16.4. The van der Waals surface area contributed by atoms with Crippen LogP contribution in [0.2, 0.25) is 0 Å². The minimum absolute atomic E-state index is 0.0418. The van der Waals surface area contributed by atoms with Crippen molar-refractivity contribution in [1.29, 1.82) is 5.26 Å². The van der Waals surface area contributed by atoms with Crippen LogP contribution >= 0.6 is 0 Å². The lowest BCUT2D eigenvalue weighted by molar-refractivity contribution is 0.0688. The summed E-state index contributed by atoms with van der Waals surface area (Å²) in [5.74, 6) is -0.964. The number of carbonyl (C=O) groups is 1. The van der Waals surface area contributed by atoms with Crippen molar-refractivity contribution in [3.05, 3.63) is 127 Å². The first-order valence-electron chi connectivity index (χ1n) is 15.6. The van der Waals surface area contributed by atoms with Gasteiger partial charge in [0, 0.05) is 35.1 Å². The molecule has 0 aliphatic carbocycles. The van der Waals surface area contributed by atoms with Crippen LogP contribution in [0.15, 0.2) is 48.5 Å². The van der Waals surface area contributed by atoms with Crippen LogP contribution in [0.1, 0.15) is 125 Å². The smallest absolute Gasteiger partial charge is 0.354 e. The number of aryl methyl sites for hydroxylation is 6. The van der Waals surface area contributed by atoms with Gasteiger partial charge in [-0.1, -0.05) is 89.1 Å². The van der Waals surface area contributed by atoms with Crippen molar-refractivity contribution in [2.45, 2.75) is 107 Å². The van der Waals surface area contributed by atoms with E-state index in [0.717, 1.165) is 28.9 Å². The molecule has 5 nitrogen and oxygen atoms in total. The van der Waals surface area contributed by atoms with Gasteiger partial charge in [0.1, 0.15) is 11.8 Å². The lowest BCUT2D eigenvalue weighted by atomic mass is 9.89. The zero-order valence-corrected chi connectivity index (χ0v) is 29.2. The fraction of sp³-hybridized carbons (Fsp3) is 0.400. The molecule has 0 saturated carbocycles. The Kier molecular flexibility index (Phi) is 10.8. The zero-order valence-electron chi connectivity index (χ0n) is 29.2. The first-order valence-corrected chi connectivity index (χ1v) is 15.6. The highest BCUT2D eigenvalue weighted by molar-refractivity contribution is 5.87. The van der Waals surface area contributed by atoms with Gasteiger partial charge in [-0.3, -0.25) is 0 Å². The molecule has 0 bridgehead atoms. The molecule has 0 unspecified atom stereocenters. The number of pyridine rings is 2. The molecule has 0 aliphatic heterocycles. The zero-order chi connectivity index (χ0) is 33.9. The number of hydrogen-bond donors (Lipinski definition) is 1. The van der Waals surface area contributed by atoms with Gasteiger partial charge in [0.05, 0.1) is 0 Å². The highest BCUT2D eigenvalue weighted by Gasteiger charge is 2.21. The van der Waals surface area contributed by atoms with Gasteiger partial charge in [-0.25, -0.2) is 14.8 Å². The molecule has 236 valence electrons. The monoisotopic (exact) mass is 603 g/mol. The van der Waals surface area contributed by atoms with Crippen LogP contribution in [-0.4, -0.2) is 21.0 Å². The van der Waals surface area contributed by atoms with Gasteiger partial charge in [0.15, 0.2) is 5.69 Å². The first kappa shape index (κ1) is 35.2. The molecule has 0 aliphatic rings. The molecular formula is C40H49N3O2. The summed E-state index contributed by atoms with van der Waals surface area (Å²) in [6.45, 7) is 25.1. The van der Waals surface area contributed by atoms with Crippen LogP contribution in [0.4, 0.5) is 0 Å². The van der Waals surface area contributed by atoms with E-state index < -0.39 is 5.97 Å². The molecule has 0 fully saturated rings. The van der Waals surface area contributed by atoms with Gasteiger partial charge in [0.2, 0.25) is 0 Å². The molecular weight excluding hydrogens is 554 g/mol. The number of nitrogens with zero attached hydrogens (tertiary/aromatic N) is 3. The van der Waals surface area contributed by atoms with E-state index in [4.69, 9.17) is 0 Å². The van der Waals surface area contributed by atoms with Crippen molar-refractivity contribution in [2.75, 3.05) is 0 Å². The summed E-state index contributed by atoms with van der Waals surface area (Å²) in [7, 11) is 0. The van der Waals surface area contributed by atoms with E-state index in [-0.39, 0.29) is 16.5 Å². The average molecular weight is 604 g/mol. The minimum atomic E-state index is -0.964. The van der Waals surface area contributed by atoms with E-state index in [1.54, 1.807) is 0 Å². The average Bonchev–Trinajstić information content (AvgIpc) is 2.91. The Morgan fingerprint density at radius 1 is 0.667 bits per heavy atom. The van der Waals surface area contributed by atoms with Gasteiger partial charge >= 0.3 is 5.97 Å². The Morgan fingerprint density at radius 2 is 1.04 bits per heavy atom. The molecule has 5 heteroatoms. The van der Waals surface area contributed by atoms with Crippen molar-refractivity contribution in [2.24, 2.45) is 0 Å². The minimum Gasteiger partial charge on any atom is -0.477 e. The third-order valence-electron chi connectivity index (χ3n) is 8.22. The third kappa shape index (κ3) is 8.88. The summed E-state index contributed by atoms with van der Waals surface area (Å²) in [5, 5.41) is 19.0. The maximum Gasteiger partial charge on any atom is 0.354 e.